The molecule has 220 valence electrons. The van der Waals surface area contributed by atoms with Gasteiger partial charge in [0, 0.05) is 6.42 Å². The maximum atomic E-state index is 11.8. The number of unbranched alkanes of at least 4 members (excludes halogenated alkanes) is 13. The Kier molecular flexibility index (Phi) is 22.7. The molecule has 0 aromatic rings. The molecule has 0 aliphatic rings. The molecule has 2 atom stereocenters. The highest BCUT2D eigenvalue weighted by Crippen LogP contribution is 2.43. The average molecular weight is 551 g/mol. The van der Waals surface area contributed by atoms with Crippen LogP contribution in [-0.2, 0) is 23.1 Å². The van der Waals surface area contributed by atoms with E-state index >= 15 is 0 Å². The Balaban J connectivity index is 3.55. The molecular weight excluding hydrogens is 493 g/mol. The van der Waals surface area contributed by atoms with Crippen LogP contribution in [0.1, 0.15) is 110 Å². The fourth-order valence-electron chi connectivity index (χ4n) is 3.65. The van der Waals surface area contributed by atoms with Gasteiger partial charge in [-0.05, 0) is 32.1 Å². The van der Waals surface area contributed by atoms with Crippen LogP contribution in [-0.4, -0.2) is 74.1 Å². The number of hydrogen-bond acceptors (Lipinski definition) is 6. The number of carbonyl (C=O) groups excluding carboxylic acids is 1. The second kappa shape index (κ2) is 23.2. The molecule has 2 N–H and O–H groups in total. The average Bonchev–Trinajstić information content (AvgIpc) is 2.82. The molecule has 0 aromatic heterocycles. The summed E-state index contributed by atoms with van der Waals surface area (Å²) < 4.78 is 27.1. The molecule has 0 aliphatic heterocycles. The van der Waals surface area contributed by atoms with Gasteiger partial charge in [-0.2, -0.15) is 0 Å². The standard InChI is InChI=1S/C28H56NO7P/c1-5-6-7-8-9-10-11-12-13-14-15-16-17-18-19-20-21-22-28(31)34-25-27(30)26-36-37(32,33)35-24-23-29(2,3)4/h14-15,27,30H,5-13,16-26H2,1-4H3/p+1/b15-14+. The molecule has 0 fully saturated rings. The molecule has 0 aromatic carbocycles. The van der Waals surface area contributed by atoms with Gasteiger partial charge >= 0.3 is 13.8 Å². The molecule has 37 heavy (non-hydrogen) atoms. The largest absolute Gasteiger partial charge is 0.472 e. The molecule has 0 heterocycles. The van der Waals surface area contributed by atoms with Gasteiger partial charge < -0.3 is 19.2 Å². The summed E-state index contributed by atoms with van der Waals surface area (Å²) in [4.78, 5) is 21.5. The van der Waals surface area contributed by atoms with Crippen LogP contribution in [0.4, 0.5) is 0 Å². The lowest BCUT2D eigenvalue weighted by atomic mass is 10.1. The van der Waals surface area contributed by atoms with Gasteiger partial charge in [0.2, 0.25) is 0 Å². The predicted molar refractivity (Wildman–Crippen MR) is 150 cm³/mol. The van der Waals surface area contributed by atoms with Crippen molar-refractivity contribution in [1.29, 1.82) is 0 Å². The van der Waals surface area contributed by atoms with E-state index in [0.29, 0.717) is 17.4 Å². The molecule has 2 unspecified atom stereocenters. The Bertz CT molecular complexity index is 622. The predicted octanol–water partition coefficient (Wildman–Crippen LogP) is 6.55. The van der Waals surface area contributed by atoms with Crippen molar-refractivity contribution in [3.8, 4) is 0 Å². The number of phosphoric ester groups is 1. The lowest BCUT2D eigenvalue weighted by molar-refractivity contribution is -0.870. The summed E-state index contributed by atoms with van der Waals surface area (Å²) >= 11 is 0. The van der Waals surface area contributed by atoms with E-state index in [2.05, 4.69) is 19.1 Å². The zero-order valence-electron chi connectivity index (χ0n) is 24.2. The van der Waals surface area contributed by atoms with E-state index in [1.54, 1.807) is 0 Å². The van der Waals surface area contributed by atoms with Gasteiger partial charge in [-0.3, -0.25) is 13.8 Å². The van der Waals surface area contributed by atoms with Crippen molar-refractivity contribution in [3.63, 3.8) is 0 Å². The first kappa shape index (κ1) is 36.2. The molecular formula is C28H57NO7P+. The van der Waals surface area contributed by atoms with Crippen molar-refractivity contribution in [2.24, 2.45) is 0 Å². The maximum absolute atomic E-state index is 11.8. The zero-order chi connectivity index (χ0) is 27.8. The molecule has 0 spiro atoms. The number of nitrogens with zero attached hydrogens (tertiary/aromatic N) is 1. The van der Waals surface area contributed by atoms with Gasteiger partial charge in [0.25, 0.3) is 0 Å². The number of rotatable bonds is 26. The van der Waals surface area contributed by atoms with E-state index in [9.17, 15) is 19.4 Å². The summed E-state index contributed by atoms with van der Waals surface area (Å²) in [6, 6.07) is 0. The van der Waals surface area contributed by atoms with Gasteiger partial charge in [0.05, 0.1) is 27.7 Å². The Labute approximate surface area is 227 Å². The van der Waals surface area contributed by atoms with Crippen LogP contribution in [0.2, 0.25) is 0 Å². The van der Waals surface area contributed by atoms with Crippen molar-refractivity contribution in [2.75, 3.05) is 47.5 Å². The van der Waals surface area contributed by atoms with Crippen molar-refractivity contribution in [2.45, 2.75) is 116 Å². The van der Waals surface area contributed by atoms with E-state index in [1.807, 2.05) is 21.1 Å². The normalized spacial score (nSPS) is 14.6. The van der Waals surface area contributed by atoms with Gasteiger partial charge in [0.1, 0.15) is 25.9 Å². The third-order valence-corrected chi connectivity index (χ3v) is 7.01. The Morgan fingerprint density at radius 3 is 1.86 bits per heavy atom. The zero-order valence-corrected chi connectivity index (χ0v) is 25.1. The van der Waals surface area contributed by atoms with Crippen LogP contribution in [0, 0.1) is 0 Å². The number of hydrogen-bond donors (Lipinski definition) is 2. The monoisotopic (exact) mass is 550 g/mol. The third kappa shape index (κ3) is 28.1. The van der Waals surface area contributed by atoms with E-state index in [0.717, 1.165) is 32.1 Å². The minimum atomic E-state index is -4.24. The Morgan fingerprint density at radius 2 is 1.32 bits per heavy atom. The first-order valence-corrected chi connectivity index (χ1v) is 16.0. The second-order valence-electron chi connectivity index (χ2n) is 11.0. The highest BCUT2D eigenvalue weighted by atomic mass is 31.2. The lowest BCUT2D eigenvalue weighted by Gasteiger charge is -2.24. The van der Waals surface area contributed by atoms with Gasteiger partial charge in [-0.15, -0.1) is 0 Å². The summed E-state index contributed by atoms with van der Waals surface area (Å²) in [6.45, 7) is 2.12. The topological polar surface area (TPSA) is 102 Å². The molecule has 0 amide bonds. The molecule has 0 radical (unpaired) electrons. The van der Waals surface area contributed by atoms with Crippen LogP contribution >= 0.6 is 7.82 Å². The number of phosphoric acid groups is 1. The number of allylic oxidation sites excluding steroid dienone is 2. The Morgan fingerprint density at radius 1 is 0.811 bits per heavy atom. The maximum Gasteiger partial charge on any atom is 0.472 e. The van der Waals surface area contributed by atoms with Gasteiger partial charge in [0.15, 0.2) is 0 Å². The van der Waals surface area contributed by atoms with E-state index in [-0.39, 0.29) is 19.2 Å². The third-order valence-electron chi connectivity index (χ3n) is 6.03. The smallest absolute Gasteiger partial charge is 0.463 e. The number of aliphatic hydroxyl groups is 1. The van der Waals surface area contributed by atoms with Crippen LogP contribution in [0.3, 0.4) is 0 Å². The summed E-state index contributed by atoms with van der Waals surface area (Å²) in [5, 5.41) is 9.84. The van der Waals surface area contributed by atoms with Crippen molar-refractivity contribution in [1.82, 2.24) is 0 Å². The number of quaternary nitrogens is 1. The molecule has 0 bridgehead atoms. The van der Waals surface area contributed by atoms with Crippen molar-refractivity contribution in [3.05, 3.63) is 12.2 Å². The number of ether oxygens (including phenoxy) is 1. The van der Waals surface area contributed by atoms with E-state index < -0.39 is 20.5 Å². The van der Waals surface area contributed by atoms with Gasteiger partial charge in [-0.1, -0.05) is 83.3 Å². The fraction of sp³-hybridized carbons (Fsp3) is 0.893. The van der Waals surface area contributed by atoms with Crippen LogP contribution in [0.5, 0.6) is 0 Å². The minimum Gasteiger partial charge on any atom is -0.463 e. The van der Waals surface area contributed by atoms with Crippen molar-refractivity contribution >= 4 is 13.8 Å². The molecule has 0 saturated carbocycles. The highest BCUT2D eigenvalue weighted by molar-refractivity contribution is 7.47. The number of likely N-dealkylation sites (N-methyl/N-ethyl adjacent to an activating group) is 1. The first-order valence-electron chi connectivity index (χ1n) is 14.5. The molecule has 0 saturated heterocycles. The Hall–Kier alpha value is -0.760. The number of carbonyl (C=O) groups is 1. The molecule has 8 nitrogen and oxygen atoms in total. The molecule has 0 aliphatic carbocycles. The second-order valence-corrected chi connectivity index (χ2v) is 12.4. The van der Waals surface area contributed by atoms with Crippen molar-refractivity contribution < 1.29 is 37.6 Å². The number of esters is 1. The fourth-order valence-corrected chi connectivity index (χ4v) is 4.40. The highest BCUT2D eigenvalue weighted by Gasteiger charge is 2.24. The van der Waals surface area contributed by atoms with Crippen LogP contribution in [0.25, 0.3) is 0 Å². The quantitative estimate of drug-likeness (QED) is 0.0414. The van der Waals surface area contributed by atoms with E-state index in [4.69, 9.17) is 13.8 Å². The SMILES string of the molecule is CCCCCCCCCC/C=C/CCCCCCCC(=O)OCC(O)COP(=O)(O)OCC[N+](C)(C)C. The number of aliphatic hydroxyl groups excluding tert-OH is 1. The summed E-state index contributed by atoms with van der Waals surface area (Å²) in [6.07, 6.45) is 22.1. The minimum absolute atomic E-state index is 0.0540. The van der Waals surface area contributed by atoms with Crippen LogP contribution in [0.15, 0.2) is 12.2 Å². The first-order chi connectivity index (χ1) is 17.6. The lowest BCUT2D eigenvalue weighted by Crippen LogP contribution is -2.37. The van der Waals surface area contributed by atoms with Gasteiger partial charge in [-0.25, -0.2) is 4.57 Å². The van der Waals surface area contributed by atoms with Crippen LogP contribution < -0.4 is 0 Å². The summed E-state index contributed by atoms with van der Waals surface area (Å²) in [7, 11) is 1.56. The molecule has 0 rings (SSSR count). The summed E-state index contributed by atoms with van der Waals surface area (Å²) in [5.74, 6) is -0.380. The molecule has 9 heteroatoms. The summed E-state index contributed by atoms with van der Waals surface area (Å²) in [5.41, 5.74) is 0. The van der Waals surface area contributed by atoms with E-state index in [1.165, 1.54) is 64.2 Å².